The van der Waals surface area contributed by atoms with Gasteiger partial charge in [0.2, 0.25) is 0 Å². The van der Waals surface area contributed by atoms with Crippen molar-refractivity contribution >= 4 is 27.5 Å². The van der Waals surface area contributed by atoms with E-state index >= 15 is 0 Å². The van der Waals surface area contributed by atoms with Gasteiger partial charge in [-0.3, -0.25) is 0 Å². The molecule has 0 aromatic heterocycles. The largest absolute Gasteiger partial charge is 0.490 e. The number of likely N-dealkylation sites (N-methyl/N-ethyl adjacent to an activating group) is 1. The highest BCUT2D eigenvalue weighted by Gasteiger charge is 2.11. The van der Waals surface area contributed by atoms with Gasteiger partial charge in [-0.2, -0.15) is 0 Å². The molecule has 0 unspecified atom stereocenters. The Morgan fingerprint density at radius 1 is 1.04 bits per heavy atom. The number of halogens is 2. The summed E-state index contributed by atoms with van der Waals surface area (Å²) in [6.07, 6.45) is 0. The van der Waals surface area contributed by atoms with E-state index in [1.807, 2.05) is 43.3 Å². The summed E-state index contributed by atoms with van der Waals surface area (Å²) in [6, 6.07) is 11.7. The summed E-state index contributed by atoms with van der Waals surface area (Å²) < 4.78 is 12.8. The molecule has 0 fully saturated rings. The summed E-state index contributed by atoms with van der Waals surface area (Å²) in [4.78, 5) is 2.40. The standard InChI is InChI=1S/C22H30BrClN2O2/c1-4-26(5-2)11-10-25-15-18-13-21(27-6-3)22(14-20(18)23)28-16-17-8-7-9-19(24)12-17/h7-9,12-14,25H,4-6,10-11,15-16H2,1-3H3. The first-order valence-electron chi connectivity index (χ1n) is 9.82. The van der Waals surface area contributed by atoms with Gasteiger partial charge in [0.25, 0.3) is 0 Å². The lowest BCUT2D eigenvalue weighted by atomic mass is 10.2. The lowest BCUT2D eigenvalue weighted by molar-refractivity contribution is 0.268. The van der Waals surface area contributed by atoms with E-state index in [0.717, 1.165) is 59.8 Å². The highest BCUT2D eigenvalue weighted by molar-refractivity contribution is 9.10. The van der Waals surface area contributed by atoms with Crippen LogP contribution < -0.4 is 14.8 Å². The summed E-state index contributed by atoms with van der Waals surface area (Å²) in [6.45, 7) is 12.3. The minimum Gasteiger partial charge on any atom is -0.490 e. The summed E-state index contributed by atoms with van der Waals surface area (Å²) in [5, 5.41) is 4.22. The van der Waals surface area contributed by atoms with E-state index in [0.29, 0.717) is 18.2 Å². The van der Waals surface area contributed by atoms with Gasteiger partial charge >= 0.3 is 0 Å². The predicted octanol–water partition coefficient (Wildman–Crippen LogP) is 5.51. The van der Waals surface area contributed by atoms with Gasteiger partial charge in [0.15, 0.2) is 11.5 Å². The zero-order valence-corrected chi connectivity index (χ0v) is 19.3. The van der Waals surface area contributed by atoms with Crippen LogP contribution in [0.15, 0.2) is 40.9 Å². The fourth-order valence-corrected chi connectivity index (χ4v) is 3.56. The molecule has 0 spiro atoms. The van der Waals surface area contributed by atoms with E-state index in [1.165, 1.54) is 0 Å². The minimum absolute atomic E-state index is 0.439. The lowest BCUT2D eigenvalue weighted by Gasteiger charge is -2.19. The molecule has 2 rings (SSSR count). The molecule has 0 radical (unpaired) electrons. The van der Waals surface area contributed by atoms with Gasteiger partial charge in [-0.15, -0.1) is 0 Å². The monoisotopic (exact) mass is 468 g/mol. The molecule has 4 nitrogen and oxygen atoms in total. The Morgan fingerprint density at radius 3 is 2.46 bits per heavy atom. The topological polar surface area (TPSA) is 33.7 Å². The molecule has 2 aromatic carbocycles. The summed E-state index contributed by atoms with van der Waals surface area (Å²) in [5.41, 5.74) is 2.17. The number of benzene rings is 2. The van der Waals surface area contributed by atoms with Crippen LogP contribution in [0.2, 0.25) is 5.02 Å². The molecule has 2 aromatic rings. The fraction of sp³-hybridized carbons (Fsp3) is 0.455. The normalized spacial score (nSPS) is 11.1. The van der Waals surface area contributed by atoms with E-state index in [1.54, 1.807) is 0 Å². The molecule has 0 aliphatic rings. The third-order valence-corrected chi connectivity index (χ3v) is 5.48. The average molecular weight is 470 g/mol. The second kappa shape index (κ2) is 12.3. The van der Waals surface area contributed by atoms with Crippen molar-refractivity contribution in [2.45, 2.75) is 33.9 Å². The number of nitrogens with zero attached hydrogens (tertiary/aromatic N) is 1. The molecular weight excluding hydrogens is 440 g/mol. The van der Waals surface area contributed by atoms with Crippen molar-refractivity contribution in [3.05, 3.63) is 57.0 Å². The second-order valence-electron chi connectivity index (χ2n) is 6.45. The summed E-state index contributed by atoms with van der Waals surface area (Å²) in [7, 11) is 0. The highest BCUT2D eigenvalue weighted by Crippen LogP contribution is 2.34. The maximum Gasteiger partial charge on any atom is 0.162 e. The van der Waals surface area contributed by atoms with E-state index in [2.05, 4.69) is 40.0 Å². The molecule has 6 heteroatoms. The number of nitrogens with one attached hydrogen (secondary N) is 1. The number of ether oxygens (including phenoxy) is 2. The first-order chi connectivity index (χ1) is 13.6. The number of hydrogen-bond donors (Lipinski definition) is 1. The smallest absolute Gasteiger partial charge is 0.162 e. The van der Waals surface area contributed by atoms with E-state index in [-0.39, 0.29) is 0 Å². The van der Waals surface area contributed by atoms with Gasteiger partial charge in [0, 0.05) is 29.1 Å². The maximum atomic E-state index is 6.05. The van der Waals surface area contributed by atoms with Crippen molar-refractivity contribution in [3.63, 3.8) is 0 Å². The van der Waals surface area contributed by atoms with Crippen LogP contribution in [0.25, 0.3) is 0 Å². The van der Waals surface area contributed by atoms with Crippen LogP contribution in [-0.4, -0.2) is 37.7 Å². The molecule has 154 valence electrons. The number of hydrogen-bond acceptors (Lipinski definition) is 4. The minimum atomic E-state index is 0.439. The van der Waals surface area contributed by atoms with Gasteiger partial charge in [-0.05, 0) is 55.4 Å². The second-order valence-corrected chi connectivity index (χ2v) is 7.74. The summed E-state index contributed by atoms with van der Waals surface area (Å²) in [5.74, 6) is 1.48. The molecule has 0 saturated heterocycles. The van der Waals surface area contributed by atoms with Gasteiger partial charge in [0.1, 0.15) is 6.61 Å². The quantitative estimate of drug-likeness (QED) is 0.415. The first-order valence-corrected chi connectivity index (χ1v) is 11.0. The maximum absolute atomic E-state index is 6.05. The molecule has 0 aliphatic carbocycles. The third-order valence-electron chi connectivity index (χ3n) is 4.51. The zero-order chi connectivity index (χ0) is 20.4. The van der Waals surface area contributed by atoms with E-state index in [9.17, 15) is 0 Å². The molecule has 0 bridgehead atoms. The Balaban J connectivity index is 2.01. The van der Waals surface area contributed by atoms with Crippen molar-refractivity contribution in [2.24, 2.45) is 0 Å². The highest BCUT2D eigenvalue weighted by atomic mass is 79.9. The van der Waals surface area contributed by atoms with Crippen LogP contribution in [0.3, 0.4) is 0 Å². The van der Waals surface area contributed by atoms with Gasteiger partial charge in [-0.25, -0.2) is 0 Å². The van der Waals surface area contributed by atoms with Crippen LogP contribution >= 0.6 is 27.5 Å². The van der Waals surface area contributed by atoms with Gasteiger partial charge in [0.05, 0.1) is 6.61 Å². The third kappa shape index (κ3) is 7.28. The molecule has 0 saturated carbocycles. The van der Waals surface area contributed by atoms with Crippen LogP contribution in [-0.2, 0) is 13.2 Å². The van der Waals surface area contributed by atoms with Crippen LogP contribution in [0.5, 0.6) is 11.5 Å². The van der Waals surface area contributed by atoms with Gasteiger partial charge in [-0.1, -0.05) is 53.5 Å². The number of rotatable bonds is 12. The Hall–Kier alpha value is -1.27. The SMILES string of the molecule is CCOc1cc(CNCCN(CC)CC)c(Br)cc1OCc1cccc(Cl)c1. The molecular formula is C22H30BrClN2O2. The van der Waals surface area contributed by atoms with Crippen molar-refractivity contribution < 1.29 is 9.47 Å². The van der Waals surface area contributed by atoms with Crippen LogP contribution in [0.1, 0.15) is 31.9 Å². The van der Waals surface area contributed by atoms with Crippen molar-refractivity contribution in [1.82, 2.24) is 10.2 Å². The molecule has 0 amide bonds. The average Bonchev–Trinajstić information content (AvgIpc) is 2.69. The Morgan fingerprint density at radius 2 is 1.79 bits per heavy atom. The van der Waals surface area contributed by atoms with Crippen molar-refractivity contribution in [1.29, 1.82) is 0 Å². The molecule has 0 heterocycles. The van der Waals surface area contributed by atoms with E-state index in [4.69, 9.17) is 21.1 Å². The Kier molecular flexibility index (Phi) is 10.1. The Labute approximate surface area is 182 Å². The fourth-order valence-electron chi connectivity index (χ4n) is 2.88. The predicted molar refractivity (Wildman–Crippen MR) is 121 cm³/mol. The first kappa shape index (κ1) is 23.0. The molecule has 1 N–H and O–H groups in total. The van der Waals surface area contributed by atoms with E-state index < -0.39 is 0 Å². The van der Waals surface area contributed by atoms with Crippen LogP contribution in [0, 0.1) is 0 Å². The zero-order valence-electron chi connectivity index (χ0n) is 16.9. The Bertz CT molecular complexity index is 738. The van der Waals surface area contributed by atoms with Crippen LogP contribution in [0.4, 0.5) is 0 Å². The molecule has 28 heavy (non-hydrogen) atoms. The lowest BCUT2D eigenvalue weighted by Crippen LogP contribution is -2.31. The van der Waals surface area contributed by atoms with Crippen molar-refractivity contribution in [2.75, 3.05) is 32.8 Å². The summed E-state index contributed by atoms with van der Waals surface area (Å²) >= 11 is 9.73. The van der Waals surface area contributed by atoms with Crippen molar-refractivity contribution in [3.8, 4) is 11.5 Å². The molecule has 0 atom stereocenters. The molecule has 0 aliphatic heterocycles. The van der Waals surface area contributed by atoms with Gasteiger partial charge < -0.3 is 19.7 Å².